The molecule has 0 saturated carbocycles. The predicted octanol–water partition coefficient (Wildman–Crippen LogP) is 7.22. The summed E-state index contributed by atoms with van der Waals surface area (Å²) in [6.45, 7) is 6.14. The minimum Gasteiger partial charge on any atom is -0.334 e. The molecule has 0 radical (unpaired) electrons. The third kappa shape index (κ3) is 4.52. The number of rotatable bonds is 6. The van der Waals surface area contributed by atoms with Crippen molar-refractivity contribution < 1.29 is 9.32 Å². The topological polar surface area (TPSA) is 71.3 Å². The third-order valence-electron chi connectivity index (χ3n) is 6.55. The monoisotopic (exact) mass is 498 g/mol. The van der Waals surface area contributed by atoms with Crippen LogP contribution in [0.1, 0.15) is 49.4 Å². The van der Waals surface area contributed by atoms with E-state index in [0.29, 0.717) is 16.7 Å². The fourth-order valence-corrected chi connectivity index (χ4v) is 4.68. The van der Waals surface area contributed by atoms with Crippen molar-refractivity contribution in [2.75, 3.05) is 4.90 Å². The molecular formula is C29H27ClN4O2. The Morgan fingerprint density at radius 3 is 2.28 bits per heavy atom. The van der Waals surface area contributed by atoms with E-state index in [1.165, 1.54) is 11.1 Å². The number of aromatic nitrogens is 2. The number of halogens is 1. The third-order valence-corrected chi connectivity index (χ3v) is 6.78. The van der Waals surface area contributed by atoms with E-state index in [0.717, 1.165) is 40.9 Å². The van der Waals surface area contributed by atoms with Gasteiger partial charge >= 0.3 is 6.03 Å². The second kappa shape index (κ2) is 9.99. The van der Waals surface area contributed by atoms with Crippen molar-refractivity contribution in [1.82, 2.24) is 15.5 Å². The Kier molecular flexibility index (Phi) is 6.61. The molecule has 6 nitrogen and oxygen atoms in total. The number of hydrogen-bond donors (Lipinski definition) is 1. The number of nitrogens with one attached hydrogen (secondary N) is 1. The molecule has 7 heteroatoms. The number of allylic oxidation sites excluding steroid dienone is 1. The zero-order chi connectivity index (χ0) is 25.2. The van der Waals surface area contributed by atoms with Crippen molar-refractivity contribution >= 4 is 28.9 Å². The minimum atomic E-state index is -0.442. The van der Waals surface area contributed by atoms with Gasteiger partial charge in [-0.1, -0.05) is 79.1 Å². The Balaban J connectivity index is 1.63. The maximum atomic E-state index is 13.4. The van der Waals surface area contributed by atoms with E-state index in [9.17, 15) is 4.79 Å². The molecular weight excluding hydrogens is 472 g/mol. The number of benzene rings is 3. The summed E-state index contributed by atoms with van der Waals surface area (Å²) in [6.07, 6.45) is 1.86. The molecule has 2 heterocycles. The molecule has 0 fully saturated rings. The summed E-state index contributed by atoms with van der Waals surface area (Å²) in [5.74, 6) is 0.783. The molecule has 0 spiro atoms. The average molecular weight is 499 g/mol. The lowest BCUT2D eigenvalue weighted by Gasteiger charge is -2.35. The number of nitrogens with zero attached hydrogens (tertiary/aromatic N) is 3. The van der Waals surface area contributed by atoms with E-state index in [2.05, 4.69) is 36.5 Å². The molecule has 1 aliphatic heterocycles. The van der Waals surface area contributed by atoms with Crippen LogP contribution in [0.3, 0.4) is 0 Å². The number of aryl methyl sites for hydroxylation is 2. The zero-order valence-corrected chi connectivity index (χ0v) is 21.2. The van der Waals surface area contributed by atoms with Crippen molar-refractivity contribution in [2.24, 2.45) is 0 Å². The minimum absolute atomic E-state index is 0.209. The molecule has 0 saturated heterocycles. The molecule has 2 amide bonds. The summed E-state index contributed by atoms with van der Waals surface area (Å²) in [5.41, 5.74) is 6.38. The van der Waals surface area contributed by atoms with E-state index in [-0.39, 0.29) is 6.03 Å². The summed E-state index contributed by atoms with van der Waals surface area (Å²) in [7, 11) is 0. The smallest absolute Gasteiger partial charge is 0.326 e. The van der Waals surface area contributed by atoms with Gasteiger partial charge in [0, 0.05) is 16.3 Å². The van der Waals surface area contributed by atoms with Crippen LogP contribution in [0.2, 0.25) is 5.02 Å². The van der Waals surface area contributed by atoms with Crippen LogP contribution in [0, 0.1) is 0 Å². The van der Waals surface area contributed by atoms with Gasteiger partial charge in [-0.05, 0) is 60.7 Å². The van der Waals surface area contributed by atoms with Gasteiger partial charge in [-0.3, -0.25) is 4.90 Å². The Labute approximate surface area is 215 Å². The van der Waals surface area contributed by atoms with Gasteiger partial charge in [0.2, 0.25) is 5.82 Å². The van der Waals surface area contributed by atoms with E-state index in [1.807, 2.05) is 55.5 Å². The highest BCUT2D eigenvalue weighted by molar-refractivity contribution is 6.30. The second-order valence-electron chi connectivity index (χ2n) is 8.77. The summed E-state index contributed by atoms with van der Waals surface area (Å²) >= 11 is 6.18. The fraction of sp³-hybridized carbons (Fsp3) is 0.207. The van der Waals surface area contributed by atoms with Crippen LogP contribution in [0.15, 0.2) is 83.0 Å². The summed E-state index contributed by atoms with van der Waals surface area (Å²) in [5, 5.41) is 7.98. The van der Waals surface area contributed by atoms with Crippen molar-refractivity contribution in [2.45, 2.75) is 39.7 Å². The molecule has 5 rings (SSSR count). The largest absolute Gasteiger partial charge is 0.334 e. The Hall–Kier alpha value is -3.90. The van der Waals surface area contributed by atoms with Gasteiger partial charge in [0.25, 0.3) is 5.89 Å². The molecule has 1 N–H and O–H groups in total. The zero-order valence-electron chi connectivity index (χ0n) is 20.5. The second-order valence-corrected chi connectivity index (χ2v) is 9.20. The van der Waals surface area contributed by atoms with Gasteiger partial charge in [0.1, 0.15) is 0 Å². The quantitative estimate of drug-likeness (QED) is 0.304. The highest BCUT2D eigenvalue weighted by Gasteiger charge is 2.36. The van der Waals surface area contributed by atoms with Crippen molar-refractivity contribution in [3.63, 3.8) is 0 Å². The van der Waals surface area contributed by atoms with E-state index in [1.54, 1.807) is 17.0 Å². The molecule has 0 aliphatic carbocycles. The highest BCUT2D eigenvalue weighted by atomic mass is 35.5. The van der Waals surface area contributed by atoms with Gasteiger partial charge in [-0.2, -0.15) is 4.98 Å². The molecule has 1 aliphatic rings. The Morgan fingerprint density at radius 2 is 1.64 bits per heavy atom. The molecule has 1 atom stereocenters. The van der Waals surface area contributed by atoms with Gasteiger partial charge in [-0.25, -0.2) is 4.79 Å². The lowest BCUT2D eigenvalue weighted by molar-refractivity contribution is 0.244. The Morgan fingerprint density at radius 1 is 0.972 bits per heavy atom. The first-order valence-corrected chi connectivity index (χ1v) is 12.5. The van der Waals surface area contributed by atoms with Gasteiger partial charge in [0.15, 0.2) is 0 Å². The van der Waals surface area contributed by atoms with Crippen LogP contribution in [0.25, 0.3) is 17.0 Å². The van der Waals surface area contributed by atoms with E-state index in [4.69, 9.17) is 21.1 Å². The molecule has 1 unspecified atom stereocenters. The molecule has 3 aromatic carbocycles. The molecule has 4 aromatic rings. The summed E-state index contributed by atoms with van der Waals surface area (Å²) in [6, 6.07) is 22.9. The van der Waals surface area contributed by atoms with Crippen LogP contribution >= 0.6 is 11.6 Å². The van der Waals surface area contributed by atoms with Crippen molar-refractivity contribution in [1.29, 1.82) is 0 Å². The lowest BCUT2D eigenvalue weighted by atomic mass is 9.93. The highest BCUT2D eigenvalue weighted by Crippen LogP contribution is 2.39. The molecule has 182 valence electrons. The normalized spacial score (nSPS) is 15.8. The van der Waals surface area contributed by atoms with E-state index >= 15 is 0 Å². The number of urea groups is 1. The number of carbonyl (C=O) groups excluding carboxylic acids is 1. The summed E-state index contributed by atoms with van der Waals surface area (Å²) in [4.78, 5) is 19.8. The van der Waals surface area contributed by atoms with Crippen LogP contribution in [-0.4, -0.2) is 16.2 Å². The first-order valence-electron chi connectivity index (χ1n) is 12.1. The standard InChI is InChI=1S/C29H27ClN4O2/c1-4-19-9-13-21(14-10-19)26-25(28-32-27(33-36-28)22-7-6-8-23(30)17-22)18(3)34(29(35)31-26)24-15-11-20(5-2)12-16-24/h6-17,26H,4-5H2,1-3H3,(H,31,35). The number of amides is 2. The van der Waals surface area contributed by atoms with Crippen LogP contribution in [0.4, 0.5) is 10.5 Å². The number of anilines is 1. The molecule has 1 aromatic heterocycles. The SMILES string of the molecule is CCc1ccc(C2NC(=O)N(c3ccc(CC)cc3)C(C)=C2c2nc(-c3cccc(Cl)c3)no2)cc1. The van der Waals surface area contributed by atoms with E-state index < -0.39 is 6.04 Å². The molecule has 0 bridgehead atoms. The first-order chi connectivity index (χ1) is 17.5. The number of carbonyl (C=O) groups is 1. The van der Waals surface area contributed by atoms with Crippen LogP contribution < -0.4 is 10.2 Å². The Bertz CT molecular complexity index is 1420. The average Bonchev–Trinajstić information content (AvgIpc) is 3.39. The van der Waals surface area contributed by atoms with Crippen LogP contribution in [-0.2, 0) is 12.8 Å². The van der Waals surface area contributed by atoms with Crippen LogP contribution in [0.5, 0.6) is 0 Å². The van der Waals surface area contributed by atoms with Gasteiger partial charge in [-0.15, -0.1) is 0 Å². The maximum Gasteiger partial charge on any atom is 0.326 e. The number of hydrogen-bond acceptors (Lipinski definition) is 4. The van der Waals surface area contributed by atoms with Gasteiger partial charge in [0.05, 0.1) is 17.3 Å². The van der Waals surface area contributed by atoms with Crippen molar-refractivity contribution in [3.05, 3.63) is 106 Å². The predicted molar refractivity (Wildman–Crippen MR) is 143 cm³/mol. The lowest BCUT2D eigenvalue weighted by Crippen LogP contribution is -2.46. The van der Waals surface area contributed by atoms with Crippen molar-refractivity contribution in [3.8, 4) is 11.4 Å². The fourth-order valence-electron chi connectivity index (χ4n) is 4.49. The summed E-state index contributed by atoms with van der Waals surface area (Å²) < 4.78 is 5.78. The maximum absolute atomic E-state index is 13.4. The first kappa shape index (κ1) is 23.8. The van der Waals surface area contributed by atoms with Gasteiger partial charge < -0.3 is 9.84 Å². The molecule has 36 heavy (non-hydrogen) atoms.